The molecule has 29 heavy (non-hydrogen) atoms. The summed E-state index contributed by atoms with van der Waals surface area (Å²) in [5, 5.41) is 13.5. The number of halogens is 1. The number of aromatic nitrogens is 4. The third kappa shape index (κ3) is 3.77. The van der Waals surface area contributed by atoms with E-state index in [4.69, 9.17) is 4.74 Å². The number of fused-ring (bicyclic) bond motifs is 2. The second-order valence-electron chi connectivity index (χ2n) is 6.95. The lowest BCUT2D eigenvalue weighted by molar-refractivity contribution is 0.162. The standard InChI is InChI=1S/C20H18N6OS.ClH/c1-12-10-26-11-14(6-13(8-21)19(26)24-12)16-7-18-17(9-23-16)25-20(28-18)27-15-2-4-22-5-3-15;/h6-7,9-11,15,22H,2-5H2,1H3;1H. The minimum Gasteiger partial charge on any atom is -0.467 e. The Morgan fingerprint density at radius 2 is 2.07 bits per heavy atom. The van der Waals surface area contributed by atoms with E-state index in [-0.39, 0.29) is 18.5 Å². The Bertz CT molecular complexity index is 1220. The Kier molecular flexibility index (Phi) is 5.37. The average Bonchev–Trinajstić information content (AvgIpc) is 3.28. The van der Waals surface area contributed by atoms with Gasteiger partial charge < -0.3 is 14.5 Å². The molecule has 0 atom stereocenters. The van der Waals surface area contributed by atoms with Gasteiger partial charge in [-0.15, -0.1) is 12.4 Å². The van der Waals surface area contributed by atoms with Crippen molar-refractivity contribution in [2.75, 3.05) is 13.1 Å². The highest BCUT2D eigenvalue weighted by Gasteiger charge is 2.17. The topological polar surface area (TPSA) is 88.1 Å². The first kappa shape index (κ1) is 19.6. The van der Waals surface area contributed by atoms with Crippen LogP contribution in [-0.4, -0.2) is 38.5 Å². The van der Waals surface area contributed by atoms with Crippen molar-refractivity contribution in [1.29, 1.82) is 5.26 Å². The normalized spacial score (nSPS) is 14.6. The number of thiazole rings is 1. The lowest BCUT2D eigenvalue weighted by atomic mass is 10.1. The van der Waals surface area contributed by atoms with Gasteiger partial charge in [-0.25, -0.2) is 9.97 Å². The molecule has 1 aliphatic rings. The number of piperidine rings is 1. The summed E-state index contributed by atoms with van der Waals surface area (Å²) in [4.78, 5) is 13.6. The quantitative estimate of drug-likeness (QED) is 0.537. The SMILES string of the molecule is Cc1cn2cc(-c3cc4sc(OC5CCNCC5)nc4cn3)cc(C#N)c2n1.Cl. The number of ether oxygens (including phenoxy) is 1. The van der Waals surface area contributed by atoms with Crippen LogP contribution in [0.15, 0.2) is 30.7 Å². The van der Waals surface area contributed by atoms with Crippen molar-refractivity contribution in [2.45, 2.75) is 25.9 Å². The van der Waals surface area contributed by atoms with Gasteiger partial charge in [0.25, 0.3) is 5.19 Å². The maximum atomic E-state index is 9.49. The van der Waals surface area contributed by atoms with Crippen LogP contribution in [0.3, 0.4) is 0 Å². The molecule has 4 aromatic rings. The molecule has 7 nitrogen and oxygen atoms in total. The molecule has 0 unspecified atom stereocenters. The molecule has 0 spiro atoms. The van der Waals surface area contributed by atoms with Crippen LogP contribution in [0.4, 0.5) is 0 Å². The second kappa shape index (κ2) is 7.95. The van der Waals surface area contributed by atoms with E-state index in [1.165, 1.54) is 11.3 Å². The molecule has 0 bridgehead atoms. The van der Waals surface area contributed by atoms with Crippen molar-refractivity contribution in [1.82, 2.24) is 24.7 Å². The van der Waals surface area contributed by atoms with Crippen molar-refractivity contribution < 1.29 is 4.74 Å². The van der Waals surface area contributed by atoms with E-state index in [0.29, 0.717) is 16.4 Å². The van der Waals surface area contributed by atoms with Gasteiger partial charge in [-0.2, -0.15) is 5.26 Å². The summed E-state index contributed by atoms with van der Waals surface area (Å²) in [6.45, 7) is 3.89. The second-order valence-corrected chi connectivity index (χ2v) is 7.94. The maximum Gasteiger partial charge on any atom is 0.274 e. The van der Waals surface area contributed by atoms with E-state index < -0.39 is 0 Å². The number of pyridine rings is 2. The summed E-state index contributed by atoms with van der Waals surface area (Å²) in [6.07, 6.45) is 7.86. The lowest BCUT2D eigenvalue weighted by Crippen LogP contribution is -2.34. The van der Waals surface area contributed by atoms with E-state index >= 15 is 0 Å². The number of nitrogens with zero attached hydrogens (tertiary/aromatic N) is 5. The van der Waals surface area contributed by atoms with Crippen molar-refractivity contribution >= 4 is 39.6 Å². The zero-order valence-corrected chi connectivity index (χ0v) is 17.4. The van der Waals surface area contributed by atoms with E-state index in [9.17, 15) is 5.26 Å². The van der Waals surface area contributed by atoms with Crippen LogP contribution in [-0.2, 0) is 0 Å². The number of nitrogens with one attached hydrogen (secondary N) is 1. The first-order chi connectivity index (χ1) is 13.7. The van der Waals surface area contributed by atoms with Crippen LogP contribution in [0.25, 0.3) is 27.1 Å². The molecule has 1 saturated heterocycles. The van der Waals surface area contributed by atoms with Crippen LogP contribution in [0.2, 0.25) is 0 Å². The number of imidazole rings is 1. The molecule has 0 amide bonds. The van der Waals surface area contributed by atoms with Crippen molar-refractivity contribution in [2.24, 2.45) is 0 Å². The molecule has 0 aliphatic carbocycles. The predicted molar refractivity (Wildman–Crippen MR) is 115 cm³/mol. The molecule has 0 aromatic carbocycles. The zero-order valence-electron chi connectivity index (χ0n) is 15.8. The van der Waals surface area contributed by atoms with E-state index in [1.807, 2.05) is 35.9 Å². The van der Waals surface area contributed by atoms with Gasteiger partial charge in [0.1, 0.15) is 17.7 Å². The molecular weight excluding hydrogens is 408 g/mol. The van der Waals surface area contributed by atoms with Gasteiger partial charge in [0, 0.05) is 18.0 Å². The molecule has 4 aromatic heterocycles. The highest BCUT2D eigenvalue weighted by atomic mass is 35.5. The van der Waals surface area contributed by atoms with Gasteiger partial charge in [0.05, 0.1) is 27.8 Å². The van der Waals surface area contributed by atoms with Gasteiger partial charge in [-0.1, -0.05) is 11.3 Å². The van der Waals surface area contributed by atoms with Gasteiger partial charge in [-0.3, -0.25) is 4.98 Å². The third-order valence-electron chi connectivity index (χ3n) is 4.90. The Balaban J connectivity index is 0.00000205. The molecule has 1 N–H and O–H groups in total. The average molecular weight is 427 g/mol. The summed E-state index contributed by atoms with van der Waals surface area (Å²) in [6, 6.07) is 6.08. The molecule has 1 aliphatic heterocycles. The Morgan fingerprint density at radius 1 is 1.24 bits per heavy atom. The number of hydrogen-bond donors (Lipinski definition) is 1. The van der Waals surface area contributed by atoms with Crippen LogP contribution < -0.4 is 10.1 Å². The summed E-state index contributed by atoms with van der Waals surface area (Å²) in [5.41, 5.74) is 4.58. The molecule has 0 saturated carbocycles. The van der Waals surface area contributed by atoms with Crippen molar-refractivity contribution in [3.8, 4) is 22.5 Å². The monoisotopic (exact) mass is 426 g/mol. The fraction of sp³-hybridized carbons (Fsp3) is 0.300. The maximum absolute atomic E-state index is 9.49. The number of hydrogen-bond acceptors (Lipinski definition) is 7. The minimum absolute atomic E-state index is 0. The molecule has 1 fully saturated rings. The van der Waals surface area contributed by atoms with Crippen LogP contribution >= 0.6 is 23.7 Å². The van der Waals surface area contributed by atoms with Crippen LogP contribution in [0.1, 0.15) is 24.1 Å². The molecule has 148 valence electrons. The van der Waals surface area contributed by atoms with Crippen molar-refractivity contribution in [3.63, 3.8) is 0 Å². The fourth-order valence-corrected chi connectivity index (χ4v) is 4.41. The number of nitriles is 1. The lowest BCUT2D eigenvalue weighted by Gasteiger charge is -2.22. The van der Waals surface area contributed by atoms with Gasteiger partial charge >= 0.3 is 0 Å². The third-order valence-corrected chi connectivity index (χ3v) is 5.81. The predicted octanol–water partition coefficient (Wildman–Crippen LogP) is 3.74. The van der Waals surface area contributed by atoms with E-state index in [0.717, 1.165) is 53.1 Å². The fourth-order valence-electron chi connectivity index (χ4n) is 3.52. The molecular formula is C20H19ClN6OS. The Labute approximate surface area is 177 Å². The Hall–Kier alpha value is -2.73. The molecule has 9 heteroatoms. The van der Waals surface area contributed by atoms with Gasteiger partial charge in [0.2, 0.25) is 0 Å². The largest absolute Gasteiger partial charge is 0.467 e. The zero-order chi connectivity index (χ0) is 19.1. The summed E-state index contributed by atoms with van der Waals surface area (Å²) in [5.74, 6) is 0. The van der Waals surface area contributed by atoms with E-state index in [1.54, 1.807) is 6.20 Å². The summed E-state index contributed by atoms with van der Waals surface area (Å²) >= 11 is 1.54. The summed E-state index contributed by atoms with van der Waals surface area (Å²) in [7, 11) is 0. The molecule has 0 radical (unpaired) electrons. The summed E-state index contributed by atoms with van der Waals surface area (Å²) < 4.78 is 8.97. The molecule has 5 rings (SSSR count). The van der Waals surface area contributed by atoms with E-state index in [2.05, 4.69) is 26.3 Å². The first-order valence-electron chi connectivity index (χ1n) is 9.23. The number of rotatable bonds is 3. The highest BCUT2D eigenvalue weighted by Crippen LogP contribution is 2.32. The highest BCUT2D eigenvalue weighted by molar-refractivity contribution is 7.20. The molecule has 5 heterocycles. The first-order valence-corrected chi connectivity index (χ1v) is 10.0. The van der Waals surface area contributed by atoms with Crippen molar-refractivity contribution in [3.05, 3.63) is 42.0 Å². The van der Waals surface area contributed by atoms with Crippen LogP contribution in [0, 0.1) is 18.3 Å². The number of aryl methyl sites for hydroxylation is 1. The minimum atomic E-state index is 0. The van der Waals surface area contributed by atoms with Gasteiger partial charge in [-0.05, 0) is 45.0 Å². The van der Waals surface area contributed by atoms with Gasteiger partial charge in [0.15, 0.2) is 5.65 Å². The smallest absolute Gasteiger partial charge is 0.274 e. The van der Waals surface area contributed by atoms with Crippen LogP contribution in [0.5, 0.6) is 5.19 Å². The Morgan fingerprint density at radius 3 is 2.86 bits per heavy atom.